The standard InChI is InChI=1S/C96H61B2N5OS2/c1-7-30-62(31-8-1)70-44-27-45-71(63-32-9-2-10-33-63)95(70)103-83-61-82-77(98-76-48-22-24-52-87(76)104-88-59-69(99(64-34-11-3-12-35-64)65-36-13-4-14-37-65)58-86(94(88)98)102(82)80-50-29-55-91-92(80)74-43-20-26-54-90(74)105-91)60-78(83)97-75-47-21-23-49-79(75)101(67-40-17-6-18-41-67)84-56-68(57-85(103)93(84)97)100(66-38-15-5-16-39-66)81-51-28-46-73-72-42-19-25-53-89(72)106-96(73)81/h1-61H. The molecule has 18 aromatic rings. The van der Waals surface area contributed by atoms with Crippen LogP contribution in [0.15, 0.2) is 370 Å². The minimum atomic E-state index is -0.270. The molecular weight excluding hydrogens is 1320 g/mol. The summed E-state index contributed by atoms with van der Waals surface area (Å²) in [4.78, 5) is 12.8. The van der Waals surface area contributed by atoms with Crippen molar-refractivity contribution in [2.45, 2.75) is 0 Å². The Bertz CT molecular complexity index is 6460. The second-order valence-corrected chi connectivity index (χ2v) is 29.9. The highest BCUT2D eigenvalue weighted by Gasteiger charge is 2.49. The molecule has 0 saturated heterocycles. The quantitative estimate of drug-likeness (QED) is 0.120. The van der Waals surface area contributed by atoms with Crippen LogP contribution in [-0.4, -0.2) is 13.4 Å². The number of anilines is 15. The summed E-state index contributed by atoms with van der Waals surface area (Å²) in [6, 6.07) is 137. The first kappa shape index (κ1) is 60.5. The zero-order chi connectivity index (χ0) is 69.5. The number of thiophene rings is 2. The molecule has 0 unspecified atom stereocenters. The average molecular weight is 1390 g/mol. The molecule has 0 atom stereocenters. The Labute approximate surface area is 623 Å². The van der Waals surface area contributed by atoms with Gasteiger partial charge in [-0.15, -0.1) is 22.7 Å². The molecule has 6 nitrogen and oxygen atoms in total. The molecule has 0 amide bonds. The number of rotatable bonds is 11. The first-order chi connectivity index (χ1) is 52.6. The first-order valence-electron chi connectivity index (χ1n) is 36.3. The van der Waals surface area contributed by atoms with Gasteiger partial charge in [0.2, 0.25) is 0 Å². The van der Waals surface area contributed by atoms with Crippen molar-refractivity contribution in [2.75, 3.05) is 24.5 Å². The molecule has 0 bridgehead atoms. The highest BCUT2D eigenvalue weighted by molar-refractivity contribution is 7.26. The number of fused-ring (bicyclic) bond motifs is 14. The van der Waals surface area contributed by atoms with Crippen LogP contribution in [0.5, 0.6) is 11.5 Å². The van der Waals surface area contributed by atoms with Crippen LogP contribution in [0.25, 0.3) is 62.6 Å². The maximum Gasteiger partial charge on any atom is 0.256 e. The minimum Gasteiger partial charge on any atom is -0.458 e. The van der Waals surface area contributed by atoms with E-state index in [1.807, 2.05) is 22.7 Å². The predicted octanol–water partition coefficient (Wildman–Crippen LogP) is 23.2. The lowest BCUT2D eigenvalue weighted by molar-refractivity contribution is 0.487. The summed E-state index contributed by atoms with van der Waals surface area (Å²) < 4.78 is 12.4. The molecule has 0 N–H and O–H groups in total. The van der Waals surface area contributed by atoms with Crippen molar-refractivity contribution < 1.29 is 4.74 Å². The van der Waals surface area contributed by atoms with E-state index in [1.165, 1.54) is 62.2 Å². The summed E-state index contributed by atoms with van der Waals surface area (Å²) in [6.45, 7) is -0.530. The smallest absolute Gasteiger partial charge is 0.256 e. The molecule has 10 heteroatoms. The van der Waals surface area contributed by atoms with Crippen molar-refractivity contribution in [3.8, 4) is 33.8 Å². The van der Waals surface area contributed by atoms with E-state index >= 15 is 0 Å². The molecule has 4 aliphatic rings. The van der Waals surface area contributed by atoms with Crippen molar-refractivity contribution >= 4 is 195 Å². The summed E-state index contributed by atoms with van der Waals surface area (Å²) in [7, 11) is 0. The van der Waals surface area contributed by atoms with E-state index in [0.717, 1.165) is 130 Å². The zero-order valence-corrected chi connectivity index (χ0v) is 59.0. The van der Waals surface area contributed by atoms with Gasteiger partial charge in [-0.2, -0.15) is 0 Å². The summed E-state index contributed by atoms with van der Waals surface area (Å²) in [5, 5.41) is 4.92. The number of hydrogen-bond donors (Lipinski definition) is 0. The topological polar surface area (TPSA) is 25.4 Å². The van der Waals surface area contributed by atoms with Gasteiger partial charge in [0.1, 0.15) is 11.5 Å². The number of para-hydroxylation sites is 7. The van der Waals surface area contributed by atoms with E-state index in [1.54, 1.807) is 0 Å². The molecule has 6 heterocycles. The molecule has 0 aliphatic carbocycles. The van der Waals surface area contributed by atoms with Crippen molar-refractivity contribution in [3.63, 3.8) is 0 Å². The second kappa shape index (κ2) is 24.3. The fraction of sp³-hybridized carbons (Fsp3) is 0. The van der Waals surface area contributed by atoms with Crippen LogP contribution < -0.4 is 62.0 Å². The molecule has 106 heavy (non-hydrogen) atoms. The van der Waals surface area contributed by atoms with Crippen LogP contribution in [0, 0.1) is 0 Å². The number of hydrogen-bond acceptors (Lipinski definition) is 8. The summed E-state index contributed by atoms with van der Waals surface area (Å²) in [5.74, 6) is 1.67. The van der Waals surface area contributed by atoms with Crippen LogP contribution >= 0.6 is 22.7 Å². The van der Waals surface area contributed by atoms with Gasteiger partial charge in [0, 0.05) is 110 Å². The van der Waals surface area contributed by atoms with Crippen LogP contribution in [0.1, 0.15) is 0 Å². The molecule has 494 valence electrons. The van der Waals surface area contributed by atoms with Crippen LogP contribution in [0.3, 0.4) is 0 Å². The van der Waals surface area contributed by atoms with Gasteiger partial charge in [0.05, 0.1) is 33.1 Å². The molecule has 4 aliphatic heterocycles. The van der Waals surface area contributed by atoms with Crippen molar-refractivity contribution in [3.05, 3.63) is 370 Å². The highest BCUT2D eigenvalue weighted by atomic mass is 32.1. The molecule has 0 radical (unpaired) electrons. The third-order valence-corrected chi connectivity index (χ3v) is 24.3. The van der Waals surface area contributed by atoms with Gasteiger partial charge in [-0.1, -0.05) is 249 Å². The Balaban J connectivity index is 0.913. The lowest BCUT2D eigenvalue weighted by Gasteiger charge is -2.47. The normalized spacial score (nSPS) is 12.9. The first-order valence-corrected chi connectivity index (χ1v) is 37.9. The molecule has 16 aromatic carbocycles. The van der Waals surface area contributed by atoms with Gasteiger partial charge < -0.3 is 29.2 Å². The maximum absolute atomic E-state index is 7.51. The van der Waals surface area contributed by atoms with E-state index in [9.17, 15) is 0 Å². The van der Waals surface area contributed by atoms with E-state index in [-0.39, 0.29) is 13.4 Å². The fourth-order valence-corrected chi connectivity index (χ4v) is 20.0. The van der Waals surface area contributed by atoms with Crippen molar-refractivity contribution in [2.24, 2.45) is 0 Å². The van der Waals surface area contributed by atoms with Crippen LogP contribution in [0.2, 0.25) is 0 Å². The van der Waals surface area contributed by atoms with Gasteiger partial charge in [-0.3, -0.25) is 0 Å². The number of nitrogens with zero attached hydrogens (tertiary/aromatic N) is 5. The second-order valence-electron chi connectivity index (χ2n) is 27.8. The fourth-order valence-electron chi connectivity index (χ4n) is 17.7. The molecule has 2 aromatic heterocycles. The molecular formula is C96H61B2N5OS2. The Kier molecular flexibility index (Phi) is 13.8. The largest absolute Gasteiger partial charge is 0.458 e. The highest BCUT2D eigenvalue weighted by Crippen LogP contribution is 2.56. The van der Waals surface area contributed by atoms with Gasteiger partial charge >= 0.3 is 0 Å². The lowest BCUT2D eigenvalue weighted by Crippen LogP contribution is -2.64. The Hall–Kier alpha value is -13.1. The van der Waals surface area contributed by atoms with Crippen molar-refractivity contribution in [1.82, 2.24) is 0 Å². The predicted molar refractivity (Wildman–Crippen MR) is 452 cm³/mol. The van der Waals surface area contributed by atoms with Crippen molar-refractivity contribution in [1.29, 1.82) is 0 Å². The number of ether oxygens (including phenoxy) is 1. The van der Waals surface area contributed by atoms with Crippen LogP contribution in [-0.2, 0) is 0 Å². The SMILES string of the molecule is c1ccc(-c2cccc(-c3ccccc3)c2N2c3cc4c(cc3B3c5ccccc5N(c5ccccc5)c5cc(N(c6ccccc6)c6cccc7c6sc6ccccc67)cc2c53)B2c3ccccc3Oc3cc(N(c5ccccc5)c5ccccc5)cc(c32)N4c2cccc3sc4ccccc4c23)cc1. The number of benzene rings is 16. The van der Waals surface area contributed by atoms with Gasteiger partial charge in [0.25, 0.3) is 13.4 Å². The lowest BCUT2D eigenvalue weighted by atomic mass is 9.30. The van der Waals surface area contributed by atoms with E-state index in [2.05, 4.69) is 395 Å². The zero-order valence-electron chi connectivity index (χ0n) is 57.3. The Morgan fingerprint density at radius 2 is 0.755 bits per heavy atom. The molecule has 0 spiro atoms. The van der Waals surface area contributed by atoms with Gasteiger partial charge in [-0.25, -0.2) is 0 Å². The molecule has 0 fully saturated rings. The van der Waals surface area contributed by atoms with Gasteiger partial charge in [0.15, 0.2) is 0 Å². The van der Waals surface area contributed by atoms with E-state index in [0.29, 0.717) is 0 Å². The Morgan fingerprint density at radius 3 is 1.43 bits per heavy atom. The third-order valence-electron chi connectivity index (χ3n) is 22.0. The average Bonchev–Trinajstić information content (AvgIpc) is 0.702. The summed E-state index contributed by atoms with van der Waals surface area (Å²) in [6.07, 6.45) is 0. The molecule has 0 saturated carbocycles. The third kappa shape index (κ3) is 9.31. The minimum absolute atomic E-state index is 0.259. The van der Waals surface area contributed by atoms with Gasteiger partial charge in [-0.05, 0) is 159 Å². The van der Waals surface area contributed by atoms with E-state index < -0.39 is 0 Å². The monoisotopic (exact) mass is 1390 g/mol. The maximum atomic E-state index is 7.51. The Morgan fingerprint density at radius 1 is 0.274 bits per heavy atom. The van der Waals surface area contributed by atoms with Crippen LogP contribution in [0.4, 0.5) is 85.3 Å². The summed E-state index contributed by atoms with van der Waals surface area (Å²) >= 11 is 3.72. The molecule has 22 rings (SSSR count). The van der Waals surface area contributed by atoms with E-state index in [4.69, 9.17) is 4.74 Å². The summed E-state index contributed by atoms with van der Waals surface area (Å²) in [5.41, 5.74) is 27.6.